The Hall–Kier alpha value is -0.810. The second-order valence-corrected chi connectivity index (χ2v) is 5.41. The van der Waals surface area contributed by atoms with E-state index in [1.165, 1.54) is 0 Å². The summed E-state index contributed by atoms with van der Waals surface area (Å²) < 4.78 is 20.7. The van der Waals surface area contributed by atoms with Crippen molar-refractivity contribution < 1.29 is 9.13 Å². The van der Waals surface area contributed by atoms with Gasteiger partial charge in [0.15, 0.2) is 5.76 Å². The number of ether oxygens (including phenoxy) is 1. The molecule has 6 heteroatoms. The molecular weight excluding hydrogens is 336 g/mol. The van der Waals surface area contributed by atoms with E-state index in [2.05, 4.69) is 38.6 Å². The topological polar surface area (TPSA) is 42.8 Å². The van der Waals surface area contributed by atoms with E-state index in [1.54, 1.807) is 0 Å². The fraction of sp³-hybridized carbons (Fsp3) is 0.545. The summed E-state index contributed by atoms with van der Waals surface area (Å²) in [5, 5.41) is 8.84. The molecule has 0 aromatic heterocycles. The molecule has 2 fully saturated rings. The number of allylic oxidation sites excluding steroid dienone is 1. The molecule has 0 radical (unpaired) electrons. The van der Waals surface area contributed by atoms with Crippen LogP contribution in [0.5, 0.6) is 0 Å². The average molecular weight is 349 g/mol. The van der Waals surface area contributed by atoms with Gasteiger partial charge in [0.1, 0.15) is 18.1 Å². The maximum absolute atomic E-state index is 13.5. The van der Waals surface area contributed by atoms with Gasteiger partial charge >= 0.3 is 0 Å². The van der Waals surface area contributed by atoms with Crippen LogP contribution in [-0.2, 0) is 4.74 Å². The fourth-order valence-corrected chi connectivity index (χ4v) is 2.70. The largest absolute Gasteiger partial charge is 0.484 e. The van der Waals surface area contributed by atoms with Crippen LogP contribution in [0.25, 0.3) is 0 Å². The van der Waals surface area contributed by atoms with Gasteiger partial charge < -0.3 is 9.64 Å². The van der Waals surface area contributed by atoms with Crippen molar-refractivity contribution in [1.29, 1.82) is 5.26 Å². The zero-order valence-electron chi connectivity index (χ0n) is 9.33. The van der Waals surface area contributed by atoms with Crippen LogP contribution in [0, 0.1) is 11.3 Å². The van der Waals surface area contributed by atoms with Crippen molar-refractivity contribution in [2.75, 3.05) is 26.2 Å². The molecule has 17 heavy (non-hydrogen) atoms. The van der Waals surface area contributed by atoms with Gasteiger partial charge in [-0.05, 0) is 0 Å². The molecule has 0 bridgehead atoms. The van der Waals surface area contributed by atoms with Gasteiger partial charge in [-0.15, -0.1) is 0 Å². The molecule has 0 N–H and O–H groups in total. The van der Waals surface area contributed by atoms with E-state index in [0.717, 1.165) is 13.1 Å². The molecule has 2 aliphatic rings. The number of hydrogen-bond donors (Lipinski definition) is 0. The Morgan fingerprint density at radius 3 is 2.88 bits per heavy atom. The molecule has 4 nitrogen and oxygen atoms in total. The van der Waals surface area contributed by atoms with E-state index in [0.29, 0.717) is 31.0 Å². The van der Waals surface area contributed by atoms with Gasteiger partial charge in [0.05, 0.1) is 18.5 Å². The molecule has 92 valence electrons. The molecule has 0 saturated carbocycles. The molecule has 0 spiro atoms. The molecule has 0 aromatic carbocycles. The van der Waals surface area contributed by atoms with Gasteiger partial charge in [-0.25, -0.2) is 7.50 Å². The first-order valence-electron chi connectivity index (χ1n) is 5.38. The predicted octanol–water partition coefficient (Wildman–Crippen LogP) is 1.96. The van der Waals surface area contributed by atoms with Gasteiger partial charge in [0.25, 0.3) is 0 Å². The van der Waals surface area contributed by atoms with E-state index in [-0.39, 0.29) is 6.04 Å². The molecule has 0 amide bonds. The zero-order chi connectivity index (χ0) is 12.4. The standard InChI is InChI=1S/C11H13FIN3O/c1-8(12)11(10-7-17-10)16-5-4-15(13)6-9(16)2-3-14/h9H,1-2,4-7H2/b11-10+/t9-/m0/s1. The molecular formula is C11H13FIN3O. The summed E-state index contributed by atoms with van der Waals surface area (Å²) in [5.41, 5.74) is 0.453. The third-order valence-electron chi connectivity index (χ3n) is 2.86. The Labute approximate surface area is 114 Å². The number of nitrogens with zero attached hydrogens (tertiary/aromatic N) is 3. The van der Waals surface area contributed by atoms with Crippen LogP contribution in [0.3, 0.4) is 0 Å². The normalized spacial score (nSPS) is 27.1. The molecule has 0 unspecified atom stereocenters. The van der Waals surface area contributed by atoms with E-state index in [9.17, 15) is 4.39 Å². The Morgan fingerprint density at radius 1 is 1.65 bits per heavy atom. The Balaban J connectivity index is 2.20. The number of nitriles is 1. The number of hydrogen-bond acceptors (Lipinski definition) is 4. The van der Waals surface area contributed by atoms with Crippen molar-refractivity contribution in [3.05, 3.63) is 23.9 Å². The summed E-state index contributed by atoms with van der Waals surface area (Å²) in [6.45, 7) is 6.12. The molecule has 0 aromatic rings. The molecule has 2 saturated heterocycles. The quantitative estimate of drug-likeness (QED) is 0.444. The zero-order valence-corrected chi connectivity index (χ0v) is 11.5. The van der Waals surface area contributed by atoms with Crippen molar-refractivity contribution >= 4 is 22.9 Å². The van der Waals surface area contributed by atoms with Gasteiger partial charge in [-0.3, -0.25) is 0 Å². The predicted molar refractivity (Wildman–Crippen MR) is 69.5 cm³/mol. The van der Waals surface area contributed by atoms with Crippen molar-refractivity contribution in [2.45, 2.75) is 12.5 Å². The minimum absolute atomic E-state index is 0.00449. The smallest absolute Gasteiger partial charge is 0.160 e. The summed E-state index contributed by atoms with van der Waals surface area (Å²) in [6.07, 6.45) is 0.379. The van der Waals surface area contributed by atoms with E-state index in [4.69, 9.17) is 10.00 Å². The van der Waals surface area contributed by atoms with Crippen molar-refractivity contribution in [2.24, 2.45) is 0 Å². The highest BCUT2D eigenvalue weighted by atomic mass is 127. The lowest BCUT2D eigenvalue weighted by Gasteiger charge is -2.39. The summed E-state index contributed by atoms with van der Waals surface area (Å²) >= 11 is 2.23. The van der Waals surface area contributed by atoms with Crippen LogP contribution >= 0.6 is 22.9 Å². The number of rotatable bonds is 3. The van der Waals surface area contributed by atoms with E-state index >= 15 is 0 Å². The third-order valence-corrected chi connectivity index (χ3v) is 3.73. The SMILES string of the molecule is C=C(F)/C(=C1/CO1)N1CCN(I)C[C@@H]1CC#N. The minimum atomic E-state index is -0.470. The fourth-order valence-electron chi connectivity index (χ4n) is 2.03. The van der Waals surface area contributed by atoms with Crippen LogP contribution in [0.2, 0.25) is 0 Å². The first-order chi connectivity index (χ1) is 8.13. The highest BCUT2D eigenvalue weighted by Gasteiger charge is 2.34. The van der Waals surface area contributed by atoms with Crippen LogP contribution in [0.4, 0.5) is 4.39 Å². The maximum Gasteiger partial charge on any atom is 0.160 e. The first kappa shape index (κ1) is 12.6. The van der Waals surface area contributed by atoms with Gasteiger partial charge in [0, 0.05) is 42.5 Å². The third kappa shape index (κ3) is 2.90. The van der Waals surface area contributed by atoms with Crippen LogP contribution < -0.4 is 0 Å². The average Bonchev–Trinajstić information content (AvgIpc) is 3.06. The monoisotopic (exact) mass is 349 g/mol. The minimum Gasteiger partial charge on any atom is -0.484 e. The van der Waals surface area contributed by atoms with Gasteiger partial charge in [-0.2, -0.15) is 5.26 Å². The molecule has 2 aliphatic heterocycles. The highest BCUT2D eigenvalue weighted by molar-refractivity contribution is 14.1. The van der Waals surface area contributed by atoms with Crippen LogP contribution in [-0.4, -0.2) is 40.3 Å². The number of epoxide rings is 1. The Kier molecular flexibility index (Phi) is 3.89. The van der Waals surface area contributed by atoms with E-state index < -0.39 is 5.83 Å². The first-order valence-corrected chi connectivity index (χ1v) is 6.35. The molecule has 1 atom stereocenters. The van der Waals surface area contributed by atoms with E-state index in [1.807, 2.05) is 4.90 Å². The van der Waals surface area contributed by atoms with Gasteiger partial charge in [-0.1, -0.05) is 6.58 Å². The second-order valence-electron chi connectivity index (χ2n) is 4.04. The van der Waals surface area contributed by atoms with Crippen molar-refractivity contribution in [3.8, 4) is 6.07 Å². The van der Waals surface area contributed by atoms with Gasteiger partial charge in [0.2, 0.25) is 0 Å². The molecule has 2 rings (SSSR count). The molecule has 0 aliphatic carbocycles. The van der Waals surface area contributed by atoms with Crippen LogP contribution in [0.1, 0.15) is 6.42 Å². The maximum atomic E-state index is 13.5. The second kappa shape index (κ2) is 5.23. The van der Waals surface area contributed by atoms with Crippen molar-refractivity contribution in [1.82, 2.24) is 8.01 Å². The number of halogens is 2. The van der Waals surface area contributed by atoms with Crippen molar-refractivity contribution in [3.63, 3.8) is 0 Å². The lowest BCUT2D eigenvalue weighted by Crippen LogP contribution is -2.49. The highest BCUT2D eigenvalue weighted by Crippen LogP contribution is 2.32. The lowest BCUT2D eigenvalue weighted by atomic mass is 10.1. The summed E-state index contributed by atoms with van der Waals surface area (Å²) in [5.74, 6) is 0.185. The summed E-state index contributed by atoms with van der Waals surface area (Å²) in [4.78, 5) is 1.92. The van der Waals surface area contributed by atoms with Crippen LogP contribution in [0.15, 0.2) is 23.9 Å². The number of piperazine rings is 1. The summed E-state index contributed by atoms with van der Waals surface area (Å²) in [7, 11) is 0. The Bertz CT molecular complexity index is 398. The summed E-state index contributed by atoms with van der Waals surface area (Å²) in [6, 6.07) is 2.16. The Morgan fingerprint density at radius 2 is 2.35 bits per heavy atom. The lowest BCUT2D eigenvalue weighted by molar-refractivity contribution is 0.170. The molecule has 2 heterocycles.